The molecule has 646 valence electrons. The molecule has 0 saturated carbocycles. The summed E-state index contributed by atoms with van der Waals surface area (Å²) in [5.74, 6) is -12.6. The van der Waals surface area contributed by atoms with E-state index in [4.69, 9.17) is 90.0 Å². The van der Waals surface area contributed by atoms with Crippen LogP contribution in [0.3, 0.4) is 0 Å². The molecule has 7 unspecified atom stereocenters. The summed E-state index contributed by atoms with van der Waals surface area (Å²) in [6.07, 6.45) is 0. The van der Waals surface area contributed by atoms with Crippen LogP contribution in [0, 0.1) is 48.7 Å². The molecule has 3 aliphatic heterocycles. The summed E-state index contributed by atoms with van der Waals surface area (Å²) >= 11 is 0. The Hall–Kier alpha value is -6.67. The topological polar surface area (TPSA) is 636 Å². The zero-order valence-corrected chi connectivity index (χ0v) is 64.5. The summed E-state index contributed by atoms with van der Waals surface area (Å²) in [6.45, 7) is -14.7. The molecule has 0 aromatic carbocycles. The van der Waals surface area contributed by atoms with E-state index in [1.54, 1.807) is 0 Å². The molecule has 0 radical (unpaired) electrons. The molecule has 43 heteroatoms. The van der Waals surface area contributed by atoms with Gasteiger partial charge in [0.2, 0.25) is 16.8 Å². The van der Waals surface area contributed by atoms with Crippen molar-refractivity contribution in [2.24, 2.45) is 48.7 Å². The molecule has 3 heterocycles. The van der Waals surface area contributed by atoms with E-state index in [1.165, 1.54) is 13.8 Å². The van der Waals surface area contributed by atoms with E-state index in [9.17, 15) is 119 Å². The van der Waals surface area contributed by atoms with Crippen LogP contribution in [0.1, 0.15) is 62.3 Å². The van der Waals surface area contributed by atoms with Gasteiger partial charge in [0.15, 0.2) is 0 Å². The minimum Gasteiger partial charge on any atom is -0.464 e. The van der Waals surface area contributed by atoms with Crippen molar-refractivity contribution < 1.29 is 209 Å². The van der Waals surface area contributed by atoms with Crippen LogP contribution in [0.4, 0.5) is 0 Å². The number of aliphatic hydroxyl groups excluding tert-OH is 12. The van der Waals surface area contributed by atoms with E-state index in [-0.39, 0.29) is 19.8 Å². The molecule has 3 aliphatic rings. The first-order valence-electron chi connectivity index (χ1n) is 35.2. The third-order valence-electron chi connectivity index (χ3n) is 18.4. The van der Waals surface area contributed by atoms with E-state index in [0.29, 0.717) is 0 Å². The number of esters is 11. The maximum atomic E-state index is 14.1. The fourth-order valence-corrected chi connectivity index (χ4v) is 8.52. The highest BCUT2D eigenvalue weighted by molar-refractivity contribution is 5.86. The molecule has 0 amide bonds. The second kappa shape index (κ2) is 43.9. The van der Waals surface area contributed by atoms with Crippen molar-refractivity contribution in [3.8, 4) is 0 Å². The third-order valence-corrected chi connectivity index (χ3v) is 18.4. The molecule has 0 spiro atoms. The van der Waals surface area contributed by atoms with Gasteiger partial charge in [-0.3, -0.25) is 38.4 Å². The Morgan fingerprint density at radius 3 is 0.634 bits per heavy atom. The zero-order valence-electron chi connectivity index (χ0n) is 64.5. The number of aliphatic hydroxyl groups is 13. The zero-order chi connectivity index (χ0) is 84.7. The Labute approximate surface area is 644 Å². The summed E-state index contributed by atoms with van der Waals surface area (Å²) in [6, 6.07) is 0. The molecule has 3 saturated heterocycles. The molecule has 3 rings (SSSR count). The van der Waals surface area contributed by atoms with Crippen molar-refractivity contribution >= 4 is 65.7 Å². The summed E-state index contributed by atoms with van der Waals surface area (Å²) in [4.78, 5) is 147. The maximum Gasteiger partial charge on any atom is 0.343 e. The number of carbonyl (C=O) groups excluding carboxylic acids is 11. The van der Waals surface area contributed by atoms with Crippen LogP contribution in [0.2, 0.25) is 0 Å². The predicted molar refractivity (Wildman–Crippen MR) is 364 cm³/mol. The van der Waals surface area contributed by atoms with Gasteiger partial charge in [0.05, 0.1) is 171 Å². The maximum absolute atomic E-state index is 14.1. The van der Waals surface area contributed by atoms with Crippen LogP contribution in [-0.4, -0.2) is 392 Å². The van der Waals surface area contributed by atoms with Gasteiger partial charge in [-0.1, -0.05) is 0 Å². The standard InChI is InChI=1S/C69H112O43/c1-57(18-70,19-71)46(82)103-32-62(6,33-104-47(83)58(2,20-72)21-73)51(87)100-15-11-95-40-66(39-94-10-14-99-50(86)61(5,30-98-38-65(9,93)26-78)31-107-54(90)67(27-79)43-110-67,41-96-12-16-101-52(88)63(7,34-105-48(84)59(3,22-74)23-75)36-108-55(91)68(28-80)44-111-68)42-97-13-17-102-53(89)64(8,35-106-49(85)60(4,24-76)25-77)37-109-56(92)69(29-81)45-112-69/h70-81,93H,10-45H2,1-9H3. The first-order chi connectivity index (χ1) is 52.5. The first-order valence-corrected chi connectivity index (χ1v) is 35.2. The van der Waals surface area contributed by atoms with E-state index >= 15 is 0 Å². The molecule has 43 nitrogen and oxygen atoms in total. The Balaban J connectivity index is 2.09. The quantitative estimate of drug-likeness (QED) is 0.0116. The van der Waals surface area contributed by atoms with Crippen molar-refractivity contribution in [2.75, 3.05) is 238 Å². The number of carbonyl (C=O) groups is 11. The van der Waals surface area contributed by atoms with Crippen LogP contribution < -0.4 is 0 Å². The summed E-state index contributed by atoms with van der Waals surface area (Å²) in [5, 5.41) is 128. The number of rotatable bonds is 61. The lowest BCUT2D eigenvalue weighted by atomic mass is 9.90. The summed E-state index contributed by atoms with van der Waals surface area (Å²) < 4.78 is 104. The Morgan fingerprint density at radius 2 is 0.446 bits per heavy atom. The molecule has 0 aliphatic carbocycles. The van der Waals surface area contributed by atoms with E-state index in [2.05, 4.69) is 0 Å². The molecule has 0 aromatic rings. The second-order valence-electron chi connectivity index (χ2n) is 30.5. The third kappa shape index (κ3) is 28.1. The summed E-state index contributed by atoms with van der Waals surface area (Å²) in [7, 11) is 0. The van der Waals surface area contributed by atoms with Gasteiger partial charge in [0.25, 0.3) is 0 Å². The SMILES string of the molecule is CC(O)(CO)COCC(C)(COC(=O)C1(CO)CO1)C(=O)OCCOCC(COCCOC(=O)C(C)(COC(=O)C(C)(CO)CO)COC(=O)C(C)(CO)CO)(COCCOC(=O)C(C)(COC(=O)C(C)(CO)CO)COC(=O)C1(CO)CO1)COCCOC(=O)C(C)(COC(=O)C(C)(CO)CO)COC(=O)C1(CO)CO1. The molecular weight excluding hydrogens is 1520 g/mol. The number of hydrogen-bond donors (Lipinski definition) is 13. The highest BCUT2D eigenvalue weighted by Crippen LogP contribution is 2.35. The Bertz CT molecular complexity index is 2920. The van der Waals surface area contributed by atoms with Gasteiger partial charge in [-0.2, -0.15) is 0 Å². The Morgan fingerprint density at radius 1 is 0.250 bits per heavy atom. The van der Waals surface area contributed by atoms with Crippen LogP contribution in [0.15, 0.2) is 0 Å². The smallest absolute Gasteiger partial charge is 0.343 e. The van der Waals surface area contributed by atoms with Crippen molar-refractivity contribution in [1.82, 2.24) is 0 Å². The van der Waals surface area contributed by atoms with Crippen molar-refractivity contribution in [1.29, 1.82) is 0 Å². The van der Waals surface area contributed by atoms with Gasteiger partial charge in [0.1, 0.15) is 122 Å². The van der Waals surface area contributed by atoms with E-state index < -0.39 is 355 Å². The highest BCUT2D eigenvalue weighted by Gasteiger charge is 2.57. The summed E-state index contributed by atoms with van der Waals surface area (Å²) in [5.41, 5.74) is -24.2. The average Bonchev–Trinajstić information content (AvgIpc) is 1.64. The minimum absolute atomic E-state index is 0.193. The van der Waals surface area contributed by atoms with Crippen LogP contribution >= 0.6 is 0 Å². The second-order valence-corrected chi connectivity index (χ2v) is 30.5. The van der Waals surface area contributed by atoms with Gasteiger partial charge in [0, 0.05) is 0 Å². The number of hydrogen-bond acceptors (Lipinski definition) is 43. The highest BCUT2D eigenvalue weighted by atomic mass is 16.7. The fraction of sp³-hybridized carbons (Fsp3) is 0.841. The van der Waals surface area contributed by atoms with Crippen LogP contribution in [-0.2, 0) is 143 Å². The molecule has 112 heavy (non-hydrogen) atoms. The lowest BCUT2D eigenvalue weighted by Gasteiger charge is -2.33. The van der Waals surface area contributed by atoms with Gasteiger partial charge in [-0.05, 0) is 62.3 Å². The lowest BCUT2D eigenvalue weighted by Crippen LogP contribution is -2.46. The van der Waals surface area contributed by atoms with Crippen molar-refractivity contribution in [3.63, 3.8) is 0 Å². The first kappa shape index (κ1) is 99.5. The monoisotopic (exact) mass is 1630 g/mol. The van der Waals surface area contributed by atoms with E-state index in [0.717, 1.165) is 48.5 Å². The number of epoxide rings is 3. The minimum atomic E-state index is -2.10. The molecule has 13 N–H and O–H groups in total. The molecule has 7 atom stereocenters. The van der Waals surface area contributed by atoms with Gasteiger partial charge < -0.3 is 156 Å². The predicted octanol–water partition coefficient (Wildman–Crippen LogP) is -7.95. The Kier molecular flexibility index (Phi) is 39.0. The molecule has 3 fully saturated rings. The number of ether oxygens (including phenoxy) is 19. The van der Waals surface area contributed by atoms with Crippen LogP contribution in [0.25, 0.3) is 0 Å². The van der Waals surface area contributed by atoms with Crippen molar-refractivity contribution in [3.05, 3.63) is 0 Å². The van der Waals surface area contributed by atoms with Gasteiger partial charge in [-0.15, -0.1) is 0 Å². The van der Waals surface area contributed by atoms with Crippen molar-refractivity contribution in [2.45, 2.75) is 84.7 Å². The molecular formula is C69H112O43. The normalized spacial score (nSPS) is 20.3. The van der Waals surface area contributed by atoms with E-state index in [1.807, 2.05) is 0 Å². The average molecular weight is 1630 g/mol. The lowest BCUT2D eigenvalue weighted by molar-refractivity contribution is -0.181. The molecule has 0 aromatic heterocycles. The largest absolute Gasteiger partial charge is 0.464 e. The fourth-order valence-electron chi connectivity index (χ4n) is 8.52. The molecule has 0 bridgehead atoms. The van der Waals surface area contributed by atoms with Crippen LogP contribution in [0.5, 0.6) is 0 Å². The van der Waals surface area contributed by atoms with Gasteiger partial charge in [-0.25, -0.2) is 14.4 Å². The van der Waals surface area contributed by atoms with Gasteiger partial charge >= 0.3 is 65.7 Å².